The molecule has 1 aliphatic heterocycles. The summed E-state index contributed by atoms with van der Waals surface area (Å²) >= 11 is 0. The fourth-order valence-corrected chi connectivity index (χ4v) is 4.34. The number of nitrogens with zero attached hydrogens (tertiary/aromatic N) is 2. The van der Waals surface area contributed by atoms with Crippen LogP contribution in [0.25, 0.3) is 0 Å². The predicted molar refractivity (Wildman–Crippen MR) is 96.6 cm³/mol. The summed E-state index contributed by atoms with van der Waals surface area (Å²) < 4.78 is 10.9. The van der Waals surface area contributed by atoms with E-state index in [2.05, 4.69) is 29.2 Å². The maximum absolute atomic E-state index is 8.85. The molecular formula is C19H28N2O4. The highest BCUT2D eigenvalue weighted by atomic mass is 16.6. The Bertz CT molecular complexity index is 634. The number of fused-ring (bicyclic) bond motifs is 1. The molecule has 2 atom stereocenters. The van der Waals surface area contributed by atoms with Gasteiger partial charge in [-0.3, -0.25) is 0 Å². The monoisotopic (exact) mass is 348 g/mol. The Morgan fingerprint density at radius 3 is 2.76 bits per heavy atom. The van der Waals surface area contributed by atoms with Gasteiger partial charge in [0.15, 0.2) is 11.5 Å². The molecule has 0 bridgehead atoms. The summed E-state index contributed by atoms with van der Waals surface area (Å²) in [6.45, 7) is 1.32. The Morgan fingerprint density at radius 2 is 2.04 bits per heavy atom. The summed E-state index contributed by atoms with van der Waals surface area (Å²) in [6.07, 6.45) is 3.99. The lowest BCUT2D eigenvalue weighted by atomic mass is 9.65. The molecular weight excluding hydrogens is 320 g/mol. The second-order valence-corrected chi connectivity index (χ2v) is 6.89. The van der Waals surface area contributed by atoms with E-state index in [4.69, 9.17) is 19.4 Å². The van der Waals surface area contributed by atoms with Crippen molar-refractivity contribution in [2.24, 2.45) is 5.16 Å². The molecule has 1 aromatic rings. The Labute approximate surface area is 149 Å². The number of likely N-dealkylation sites (N-methyl/N-ethyl adjacent to an activating group) is 1. The van der Waals surface area contributed by atoms with Gasteiger partial charge in [0.2, 0.25) is 0 Å². The van der Waals surface area contributed by atoms with Gasteiger partial charge in [-0.25, -0.2) is 0 Å². The highest BCUT2D eigenvalue weighted by molar-refractivity contribution is 5.86. The van der Waals surface area contributed by atoms with Gasteiger partial charge in [0.25, 0.3) is 0 Å². The maximum Gasteiger partial charge on any atom is 0.161 e. The number of hydrogen-bond donors (Lipinski definition) is 1. The van der Waals surface area contributed by atoms with Gasteiger partial charge in [0.05, 0.1) is 26.5 Å². The van der Waals surface area contributed by atoms with Crippen LogP contribution in [0.5, 0.6) is 11.5 Å². The number of aliphatic hydroxyl groups excluding tert-OH is 1. The van der Waals surface area contributed by atoms with Crippen molar-refractivity contribution in [2.45, 2.75) is 37.1 Å². The lowest BCUT2D eigenvalue weighted by molar-refractivity contribution is 0.0958. The SMILES string of the molecule is COc1ccc([C@@]23CCC(=NOCCO)C[C@@H]2N(C)CC3)cc1OC. The highest BCUT2D eigenvalue weighted by Gasteiger charge is 2.50. The molecule has 138 valence electrons. The topological polar surface area (TPSA) is 63.5 Å². The Kier molecular flexibility index (Phi) is 5.49. The summed E-state index contributed by atoms with van der Waals surface area (Å²) in [5.74, 6) is 1.55. The van der Waals surface area contributed by atoms with Crippen molar-refractivity contribution in [1.82, 2.24) is 4.90 Å². The zero-order valence-corrected chi connectivity index (χ0v) is 15.3. The van der Waals surface area contributed by atoms with Gasteiger partial charge < -0.3 is 24.3 Å². The molecule has 1 N–H and O–H groups in total. The number of hydrogen-bond acceptors (Lipinski definition) is 6. The van der Waals surface area contributed by atoms with Crippen molar-refractivity contribution in [3.05, 3.63) is 23.8 Å². The lowest BCUT2D eigenvalue weighted by Crippen LogP contribution is -2.46. The van der Waals surface area contributed by atoms with Crippen LogP contribution >= 0.6 is 0 Å². The smallest absolute Gasteiger partial charge is 0.161 e. The zero-order valence-electron chi connectivity index (χ0n) is 15.3. The maximum atomic E-state index is 8.85. The molecule has 0 unspecified atom stereocenters. The first kappa shape index (κ1) is 18.0. The van der Waals surface area contributed by atoms with Crippen LogP contribution < -0.4 is 9.47 Å². The molecule has 25 heavy (non-hydrogen) atoms. The van der Waals surface area contributed by atoms with Gasteiger partial charge in [0.1, 0.15) is 6.61 Å². The van der Waals surface area contributed by atoms with Crippen molar-refractivity contribution < 1.29 is 19.4 Å². The third-order valence-electron chi connectivity index (χ3n) is 5.70. The average molecular weight is 348 g/mol. The molecule has 1 saturated heterocycles. The molecule has 1 aliphatic carbocycles. The first-order valence-corrected chi connectivity index (χ1v) is 8.86. The van der Waals surface area contributed by atoms with Gasteiger partial charge >= 0.3 is 0 Å². The number of oxime groups is 1. The summed E-state index contributed by atoms with van der Waals surface area (Å²) in [6, 6.07) is 6.72. The first-order valence-electron chi connectivity index (χ1n) is 8.86. The summed E-state index contributed by atoms with van der Waals surface area (Å²) in [4.78, 5) is 7.62. The van der Waals surface area contributed by atoms with Crippen LogP contribution in [0.15, 0.2) is 23.4 Å². The van der Waals surface area contributed by atoms with Gasteiger partial charge in [-0.2, -0.15) is 0 Å². The lowest BCUT2D eigenvalue weighted by Gasteiger charge is -2.42. The largest absolute Gasteiger partial charge is 0.493 e. The van der Waals surface area contributed by atoms with Crippen molar-refractivity contribution in [3.63, 3.8) is 0 Å². The minimum Gasteiger partial charge on any atom is -0.493 e. The molecule has 6 nitrogen and oxygen atoms in total. The fourth-order valence-electron chi connectivity index (χ4n) is 4.34. The number of likely N-dealkylation sites (tertiary alicyclic amines) is 1. The van der Waals surface area contributed by atoms with Crippen LogP contribution in [-0.2, 0) is 10.3 Å². The molecule has 1 saturated carbocycles. The van der Waals surface area contributed by atoms with Crippen LogP contribution in [-0.4, -0.2) is 62.8 Å². The van der Waals surface area contributed by atoms with Crippen LogP contribution in [0.3, 0.4) is 0 Å². The van der Waals surface area contributed by atoms with Crippen molar-refractivity contribution in [2.75, 3.05) is 41.0 Å². The summed E-state index contributed by atoms with van der Waals surface area (Å²) in [5.41, 5.74) is 2.52. The van der Waals surface area contributed by atoms with Crippen molar-refractivity contribution >= 4 is 5.71 Å². The standard InChI is InChI=1S/C19H28N2O4/c1-21-9-8-19(14-4-5-16(23-2)17(12-14)24-3)7-6-15(13-18(19)21)20-25-11-10-22/h4-5,12,18,22H,6-11,13H2,1-3H3/t18-,19-/m0/s1. The normalized spacial score (nSPS) is 28.0. The highest BCUT2D eigenvalue weighted by Crippen LogP contribution is 2.49. The van der Waals surface area contributed by atoms with E-state index in [1.165, 1.54) is 5.56 Å². The van der Waals surface area contributed by atoms with E-state index in [0.717, 1.165) is 49.4 Å². The summed E-state index contributed by atoms with van der Waals surface area (Å²) in [7, 11) is 5.53. The summed E-state index contributed by atoms with van der Waals surface area (Å²) in [5, 5.41) is 13.1. The van der Waals surface area contributed by atoms with Crippen LogP contribution in [0.2, 0.25) is 0 Å². The number of aliphatic hydroxyl groups is 1. The van der Waals surface area contributed by atoms with E-state index in [-0.39, 0.29) is 18.6 Å². The minimum atomic E-state index is -0.00427. The molecule has 1 aromatic carbocycles. The molecule has 0 spiro atoms. The number of rotatable bonds is 6. The molecule has 2 aliphatic rings. The molecule has 3 rings (SSSR count). The molecule has 0 radical (unpaired) electrons. The molecule has 0 aromatic heterocycles. The van der Waals surface area contributed by atoms with E-state index in [9.17, 15) is 0 Å². The second-order valence-electron chi connectivity index (χ2n) is 6.89. The quantitative estimate of drug-likeness (QED) is 0.631. The predicted octanol–water partition coefficient (Wildman–Crippen LogP) is 2.19. The molecule has 6 heteroatoms. The third-order valence-corrected chi connectivity index (χ3v) is 5.70. The third kappa shape index (κ3) is 3.33. The minimum absolute atomic E-state index is 0.00427. The van der Waals surface area contributed by atoms with Crippen molar-refractivity contribution in [3.8, 4) is 11.5 Å². The van der Waals surface area contributed by atoms with E-state index in [1.807, 2.05) is 6.07 Å². The Balaban J connectivity index is 1.88. The molecule has 1 heterocycles. The molecule has 0 amide bonds. The first-order chi connectivity index (χ1) is 12.1. The molecule has 2 fully saturated rings. The Morgan fingerprint density at radius 1 is 1.24 bits per heavy atom. The van der Waals surface area contributed by atoms with Gasteiger partial charge in [-0.05, 0) is 50.6 Å². The Hall–Kier alpha value is -1.79. The van der Waals surface area contributed by atoms with Crippen LogP contribution in [0.1, 0.15) is 31.2 Å². The van der Waals surface area contributed by atoms with Gasteiger partial charge in [-0.15, -0.1) is 0 Å². The second kappa shape index (κ2) is 7.62. The fraction of sp³-hybridized carbons (Fsp3) is 0.632. The zero-order chi connectivity index (χ0) is 17.9. The van der Waals surface area contributed by atoms with E-state index in [0.29, 0.717) is 6.04 Å². The number of ether oxygens (including phenoxy) is 2. The van der Waals surface area contributed by atoms with E-state index < -0.39 is 0 Å². The van der Waals surface area contributed by atoms with Crippen molar-refractivity contribution in [1.29, 1.82) is 0 Å². The number of methoxy groups -OCH3 is 2. The van der Waals surface area contributed by atoms with Crippen LogP contribution in [0.4, 0.5) is 0 Å². The van der Waals surface area contributed by atoms with E-state index in [1.54, 1.807) is 14.2 Å². The van der Waals surface area contributed by atoms with Crippen LogP contribution in [0, 0.1) is 0 Å². The van der Waals surface area contributed by atoms with Gasteiger partial charge in [0, 0.05) is 17.9 Å². The van der Waals surface area contributed by atoms with Gasteiger partial charge in [-0.1, -0.05) is 11.2 Å². The number of benzene rings is 1. The van der Waals surface area contributed by atoms with E-state index >= 15 is 0 Å². The average Bonchev–Trinajstić information content (AvgIpc) is 2.99.